The highest BCUT2D eigenvalue weighted by Crippen LogP contribution is 2.57. The quantitative estimate of drug-likeness (QED) is 0.192. The number of rotatable bonds is 3. The number of thioether (sulfide) groups is 2. The molecule has 0 bridgehead atoms. The van der Waals surface area contributed by atoms with Crippen molar-refractivity contribution in [3.63, 3.8) is 0 Å². The summed E-state index contributed by atoms with van der Waals surface area (Å²) in [7, 11) is 0. The van der Waals surface area contributed by atoms with Gasteiger partial charge in [-0.3, -0.25) is 0 Å². The summed E-state index contributed by atoms with van der Waals surface area (Å²) in [5, 5.41) is 4.67. The molecule has 0 N–H and O–H groups in total. The van der Waals surface area contributed by atoms with Crippen molar-refractivity contribution in [3.8, 4) is 22.6 Å². The summed E-state index contributed by atoms with van der Waals surface area (Å²) in [5.74, 6) is 1.02. The number of anilines is 2. The lowest BCUT2D eigenvalue weighted by atomic mass is 9.88. The Morgan fingerprint density at radius 3 is 2.09 bits per heavy atom. The minimum absolute atomic E-state index is 0.203. The molecule has 3 unspecified atom stereocenters. The van der Waals surface area contributed by atoms with Crippen molar-refractivity contribution in [2.75, 3.05) is 4.90 Å². The average Bonchev–Trinajstić information content (AvgIpc) is 3.46. The van der Waals surface area contributed by atoms with Crippen molar-refractivity contribution in [2.45, 2.75) is 22.5 Å². The molecule has 0 radical (unpaired) electrons. The van der Waals surface area contributed by atoms with Crippen LogP contribution in [0, 0.1) is 0 Å². The first-order valence-corrected chi connectivity index (χ1v) is 17.9. The largest absolute Gasteiger partial charge is 0.333 e. The number of benzene rings is 5. The van der Waals surface area contributed by atoms with E-state index in [-0.39, 0.29) is 12.0 Å². The Hall–Kier alpha value is -4.84. The fourth-order valence-electron chi connectivity index (χ4n) is 7.55. The van der Waals surface area contributed by atoms with Crippen LogP contribution in [0.1, 0.15) is 11.5 Å². The zero-order valence-corrected chi connectivity index (χ0v) is 27.0. The molecule has 5 heteroatoms. The lowest BCUT2D eigenvalue weighted by molar-refractivity contribution is 0.743. The molecular weight excluding hydrogens is 611 g/mol. The van der Waals surface area contributed by atoms with Gasteiger partial charge in [-0.15, -0.1) is 23.5 Å². The highest BCUT2D eigenvalue weighted by molar-refractivity contribution is 8.12. The van der Waals surface area contributed by atoms with E-state index in [1.54, 1.807) is 0 Å². The number of nitrogens with zero attached hydrogens (tertiary/aromatic N) is 3. The molecular formula is C42H29N3S2. The molecule has 5 aromatic carbocycles. The average molecular weight is 640 g/mol. The molecule has 1 fully saturated rings. The van der Waals surface area contributed by atoms with Crippen LogP contribution < -0.4 is 4.90 Å². The zero-order valence-electron chi connectivity index (χ0n) is 25.4. The van der Waals surface area contributed by atoms with Crippen molar-refractivity contribution in [1.29, 1.82) is 0 Å². The van der Waals surface area contributed by atoms with Crippen molar-refractivity contribution in [2.24, 2.45) is 0 Å². The molecule has 4 aliphatic rings. The predicted octanol–water partition coefficient (Wildman–Crippen LogP) is 10.8. The van der Waals surface area contributed by atoms with E-state index in [0.717, 1.165) is 33.5 Å². The molecule has 47 heavy (non-hydrogen) atoms. The Morgan fingerprint density at radius 1 is 0.574 bits per heavy atom. The van der Waals surface area contributed by atoms with Gasteiger partial charge in [0.2, 0.25) is 0 Å². The SMILES string of the molecule is C1=CC2SC3=CC4C(C=C3S[C@H]2C=C1)c1c(ccc2ccccc12)N4c1ccc(-c2nc(-c3ccccc3)c3ccccc3n2)cc1. The Bertz CT molecular complexity index is 2340. The fraction of sp³-hybridized carbons (Fsp3) is 0.0952. The molecule has 2 aliphatic carbocycles. The van der Waals surface area contributed by atoms with Gasteiger partial charge in [0.15, 0.2) is 5.82 Å². The highest BCUT2D eigenvalue weighted by atomic mass is 32.2. The number of fused-ring (bicyclic) bond motifs is 8. The van der Waals surface area contributed by atoms with Gasteiger partial charge in [-0.05, 0) is 58.8 Å². The van der Waals surface area contributed by atoms with Crippen LogP contribution in [0.2, 0.25) is 0 Å². The summed E-state index contributed by atoms with van der Waals surface area (Å²) in [6.45, 7) is 0. The minimum Gasteiger partial charge on any atom is -0.333 e. The molecule has 10 rings (SSSR count). The maximum atomic E-state index is 5.13. The number of para-hydroxylation sites is 1. The Balaban J connectivity index is 1.08. The summed E-state index contributed by atoms with van der Waals surface area (Å²) in [5.41, 5.74) is 7.92. The first kappa shape index (κ1) is 27.3. The molecule has 1 aromatic heterocycles. The zero-order chi connectivity index (χ0) is 30.9. The maximum absolute atomic E-state index is 5.13. The van der Waals surface area contributed by atoms with Crippen LogP contribution >= 0.6 is 23.5 Å². The fourth-order valence-corrected chi connectivity index (χ4v) is 10.4. The molecule has 224 valence electrons. The molecule has 3 nitrogen and oxygen atoms in total. The summed E-state index contributed by atoms with van der Waals surface area (Å²) in [4.78, 5) is 15.5. The van der Waals surface area contributed by atoms with E-state index in [9.17, 15) is 0 Å². The number of hydrogen-bond donors (Lipinski definition) is 0. The van der Waals surface area contributed by atoms with E-state index in [2.05, 4.69) is 144 Å². The van der Waals surface area contributed by atoms with Crippen LogP contribution in [0.15, 0.2) is 162 Å². The van der Waals surface area contributed by atoms with E-state index in [1.165, 1.54) is 37.5 Å². The van der Waals surface area contributed by atoms with Gasteiger partial charge in [0, 0.05) is 54.1 Å². The van der Waals surface area contributed by atoms with E-state index in [4.69, 9.17) is 9.97 Å². The van der Waals surface area contributed by atoms with Crippen LogP contribution in [-0.2, 0) is 0 Å². The summed E-state index contributed by atoms with van der Waals surface area (Å²) in [6.07, 6.45) is 14.2. The number of aromatic nitrogens is 2. The Morgan fingerprint density at radius 2 is 1.28 bits per heavy atom. The summed E-state index contributed by atoms with van der Waals surface area (Å²) in [6, 6.07) is 41.3. The predicted molar refractivity (Wildman–Crippen MR) is 200 cm³/mol. The van der Waals surface area contributed by atoms with Crippen molar-refractivity contribution >= 4 is 56.6 Å². The Kier molecular flexibility index (Phi) is 6.31. The molecule has 1 saturated heterocycles. The Labute approximate surface area is 282 Å². The normalized spacial score (nSPS) is 22.3. The van der Waals surface area contributed by atoms with Crippen LogP contribution in [0.4, 0.5) is 11.4 Å². The smallest absolute Gasteiger partial charge is 0.160 e. The number of allylic oxidation sites excluding steroid dienone is 2. The standard InChI is InChI=1S/C42H29N3S2/c1-2-11-27(12-3-1)41-31-14-6-7-15-33(31)43-42(44-41)28-18-21-29(22-19-28)45-34-23-20-26-10-4-5-13-30(26)40(34)32-24-38-39(25-35(32)45)47-37-17-9-8-16-36(37)46-38/h1-25,32,35-37H/t32?,35?,36-,37?/m0/s1. The molecule has 4 atom stereocenters. The van der Waals surface area contributed by atoms with Gasteiger partial charge in [0.05, 0.1) is 17.3 Å². The van der Waals surface area contributed by atoms with Crippen molar-refractivity contribution in [3.05, 3.63) is 167 Å². The molecule has 0 spiro atoms. The second-order valence-corrected chi connectivity index (χ2v) is 14.9. The molecule has 6 aromatic rings. The summed E-state index contributed by atoms with van der Waals surface area (Å²) >= 11 is 4.05. The number of hydrogen-bond acceptors (Lipinski definition) is 5. The third-order valence-electron chi connectivity index (χ3n) is 9.72. The van der Waals surface area contributed by atoms with E-state index in [1.807, 2.05) is 35.7 Å². The minimum atomic E-state index is 0.203. The highest BCUT2D eigenvalue weighted by Gasteiger charge is 2.43. The molecule has 0 amide bonds. The third-order valence-corrected chi connectivity index (χ3v) is 12.7. The van der Waals surface area contributed by atoms with Crippen molar-refractivity contribution < 1.29 is 0 Å². The second kappa shape index (κ2) is 10.9. The topological polar surface area (TPSA) is 29.0 Å². The lowest BCUT2D eigenvalue weighted by Crippen LogP contribution is -2.31. The van der Waals surface area contributed by atoms with E-state index in [0.29, 0.717) is 10.5 Å². The van der Waals surface area contributed by atoms with Gasteiger partial charge in [-0.2, -0.15) is 0 Å². The van der Waals surface area contributed by atoms with Crippen LogP contribution in [0.3, 0.4) is 0 Å². The van der Waals surface area contributed by atoms with Gasteiger partial charge in [-0.1, -0.05) is 109 Å². The lowest BCUT2D eigenvalue weighted by Gasteiger charge is -2.37. The van der Waals surface area contributed by atoms with Crippen LogP contribution in [-0.4, -0.2) is 26.5 Å². The first-order chi connectivity index (χ1) is 23.3. The van der Waals surface area contributed by atoms with Gasteiger partial charge in [-0.25, -0.2) is 9.97 Å². The van der Waals surface area contributed by atoms with Gasteiger partial charge in [0.1, 0.15) is 0 Å². The summed E-state index contributed by atoms with van der Waals surface area (Å²) < 4.78 is 0. The molecule has 2 aliphatic heterocycles. The third kappa shape index (κ3) is 4.45. The van der Waals surface area contributed by atoms with Gasteiger partial charge < -0.3 is 4.90 Å². The van der Waals surface area contributed by atoms with Crippen molar-refractivity contribution in [1.82, 2.24) is 9.97 Å². The van der Waals surface area contributed by atoms with Crippen LogP contribution in [0.25, 0.3) is 44.3 Å². The maximum Gasteiger partial charge on any atom is 0.160 e. The molecule has 3 heterocycles. The molecule has 0 saturated carbocycles. The van der Waals surface area contributed by atoms with Gasteiger partial charge in [0.25, 0.3) is 0 Å². The second-order valence-electron chi connectivity index (χ2n) is 12.4. The van der Waals surface area contributed by atoms with E-state index < -0.39 is 0 Å². The monoisotopic (exact) mass is 639 g/mol. The van der Waals surface area contributed by atoms with Crippen LogP contribution in [0.5, 0.6) is 0 Å². The van der Waals surface area contributed by atoms with Gasteiger partial charge >= 0.3 is 0 Å². The first-order valence-electron chi connectivity index (χ1n) is 16.1. The van der Waals surface area contributed by atoms with E-state index >= 15 is 0 Å².